The Kier molecular flexibility index (Phi) is 6.95. The fourth-order valence-corrected chi connectivity index (χ4v) is 2.12. The number of anilines is 1. The minimum atomic E-state index is -0.311. The van der Waals surface area contributed by atoms with Gasteiger partial charge < -0.3 is 24.8 Å². The van der Waals surface area contributed by atoms with E-state index in [-0.39, 0.29) is 12.1 Å². The van der Waals surface area contributed by atoms with Crippen LogP contribution in [0.2, 0.25) is 0 Å². The van der Waals surface area contributed by atoms with E-state index in [0.29, 0.717) is 30.3 Å². The van der Waals surface area contributed by atoms with Crippen LogP contribution < -0.4 is 24.8 Å². The number of rotatable bonds is 8. The van der Waals surface area contributed by atoms with Gasteiger partial charge in [0.2, 0.25) is 0 Å². The molecule has 2 N–H and O–H groups in total. The third-order valence-electron chi connectivity index (χ3n) is 3.20. The third kappa shape index (κ3) is 6.25. The van der Waals surface area contributed by atoms with Crippen molar-refractivity contribution in [3.63, 3.8) is 0 Å². The summed E-state index contributed by atoms with van der Waals surface area (Å²) in [5.41, 5.74) is 0.627. The number of methoxy groups -OCH3 is 1. The second-order valence-corrected chi connectivity index (χ2v) is 5.57. The van der Waals surface area contributed by atoms with Crippen LogP contribution in [0, 0.1) is 0 Å². The van der Waals surface area contributed by atoms with E-state index in [4.69, 9.17) is 14.2 Å². The Bertz CT molecular complexity index is 689. The van der Waals surface area contributed by atoms with Gasteiger partial charge in [-0.05, 0) is 38.1 Å². The summed E-state index contributed by atoms with van der Waals surface area (Å²) in [5, 5.41) is 5.53. The molecule has 0 heterocycles. The van der Waals surface area contributed by atoms with Crippen LogP contribution in [0.25, 0.3) is 0 Å². The van der Waals surface area contributed by atoms with Crippen molar-refractivity contribution in [2.24, 2.45) is 0 Å². The van der Waals surface area contributed by atoms with E-state index < -0.39 is 0 Å². The van der Waals surface area contributed by atoms with Gasteiger partial charge in [0.1, 0.15) is 23.9 Å². The minimum absolute atomic E-state index is 0.0299. The van der Waals surface area contributed by atoms with Gasteiger partial charge >= 0.3 is 6.03 Å². The highest BCUT2D eigenvalue weighted by Crippen LogP contribution is 2.24. The first-order valence-electron chi connectivity index (χ1n) is 8.16. The number of benzene rings is 2. The van der Waals surface area contributed by atoms with Crippen LogP contribution in [0.4, 0.5) is 10.5 Å². The molecule has 0 fully saturated rings. The molecule has 0 saturated carbocycles. The van der Waals surface area contributed by atoms with Crippen molar-refractivity contribution in [3.05, 3.63) is 48.5 Å². The van der Waals surface area contributed by atoms with Gasteiger partial charge in [-0.3, -0.25) is 0 Å². The van der Waals surface area contributed by atoms with Crippen LogP contribution in [-0.2, 0) is 0 Å². The normalized spacial score (nSPS) is 10.2. The number of nitrogens with one attached hydrogen (secondary N) is 2. The first-order valence-corrected chi connectivity index (χ1v) is 8.16. The fraction of sp³-hybridized carbons (Fsp3) is 0.316. The maximum atomic E-state index is 12.0. The average Bonchev–Trinajstić information content (AvgIpc) is 2.60. The molecular weight excluding hydrogens is 320 g/mol. The summed E-state index contributed by atoms with van der Waals surface area (Å²) in [6.45, 7) is 4.60. The predicted molar refractivity (Wildman–Crippen MR) is 97.7 cm³/mol. The van der Waals surface area contributed by atoms with E-state index in [1.807, 2.05) is 50.2 Å². The Morgan fingerprint density at radius 2 is 1.84 bits per heavy atom. The SMILES string of the molecule is COc1cccc(OCCNC(=O)Nc2ccccc2OC(C)C)c1. The Hall–Kier alpha value is -2.89. The van der Waals surface area contributed by atoms with Crippen molar-refractivity contribution >= 4 is 11.7 Å². The molecule has 2 aromatic rings. The topological polar surface area (TPSA) is 68.8 Å². The van der Waals surface area contributed by atoms with Crippen molar-refractivity contribution in [1.29, 1.82) is 0 Å². The van der Waals surface area contributed by atoms with Crippen molar-refractivity contribution < 1.29 is 19.0 Å². The zero-order valence-electron chi connectivity index (χ0n) is 14.7. The maximum absolute atomic E-state index is 12.0. The lowest BCUT2D eigenvalue weighted by Gasteiger charge is -2.15. The summed E-state index contributed by atoms with van der Waals surface area (Å²) in [5.74, 6) is 2.06. The van der Waals surface area contributed by atoms with E-state index in [1.54, 1.807) is 19.2 Å². The number of hydrogen-bond acceptors (Lipinski definition) is 4. The van der Waals surface area contributed by atoms with Crippen LogP contribution in [0.3, 0.4) is 0 Å². The molecule has 0 unspecified atom stereocenters. The minimum Gasteiger partial charge on any atom is -0.497 e. The monoisotopic (exact) mass is 344 g/mol. The highest BCUT2D eigenvalue weighted by atomic mass is 16.5. The Balaban J connectivity index is 1.77. The van der Waals surface area contributed by atoms with E-state index in [1.165, 1.54) is 0 Å². The lowest BCUT2D eigenvalue weighted by Crippen LogP contribution is -2.32. The Labute approximate surface area is 148 Å². The van der Waals surface area contributed by atoms with Crippen LogP contribution >= 0.6 is 0 Å². The van der Waals surface area contributed by atoms with Gasteiger partial charge in [-0.2, -0.15) is 0 Å². The van der Waals surface area contributed by atoms with E-state index in [9.17, 15) is 4.79 Å². The summed E-state index contributed by atoms with van der Waals surface area (Å²) < 4.78 is 16.4. The molecular formula is C19H24N2O4. The smallest absolute Gasteiger partial charge is 0.319 e. The standard InChI is InChI=1S/C19H24N2O4/c1-14(2)25-18-10-5-4-9-17(18)21-19(22)20-11-12-24-16-8-6-7-15(13-16)23-3/h4-10,13-14H,11-12H2,1-3H3,(H2,20,21,22). The van der Waals surface area contributed by atoms with E-state index in [2.05, 4.69) is 10.6 Å². The number of carbonyl (C=O) groups excluding carboxylic acids is 1. The second-order valence-electron chi connectivity index (χ2n) is 5.57. The van der Waals surface area contributed by atoms with Crippen molar-refractivity contribution in [2.75, 3.05) is 25.6 Å². The molecule has 25 heavy (non-hydrogen) atoms. The van der Waals surface area contributed by atoms with Gasteiger partial charge in [-0.25, -0.2) is 4.79 Å². The van der Waals surface area contributed by atoms with Gasteiger partial charge in [-0.1, -0.05) is 18.2 Å². The van der Waals surface area contributed by atoms with Gasteiger partial charge in [0.25, 0.3) is 0 Å². The molecule has 0 aliphatic carbocycles. The number of hydrogen-bond donors (Lipinski definition) is 2. The lowest BCUT2D eigenvalue weighted by molar-refractivity contribution is 0.240. The Morgan fingerprint density at radius 1 is 1.08 bits per heavy atom. The zero-order chi connectivity index (χ0) is 18.1. The molecule has 0 aliphatic heterocycles. The Morgan fingerprint density at radius 3 is 2.60 bits per heavy atom. The molecule has 0 bridgehead atoms. The molecule has 134 valence electrons. The molecule has 6 nitrogen and oxygen atoms in total. The van der Waals surface area contributed by atoms with E-state index >= 15 is 0 Å². The number of urea groups is 1. The molecule has 0 radical (unpaired) electrons. The number of ether oxygens (including phenoxy) is 3. The van der Waals surface area contributed by atoms with Crippen LogP contribution in [0.15, 0.2) is 48.5 Å². The fourth-order valence-electron chi connectivity index (χ4n) is 2.12. The second kappa shape index (κ2) is 9.42. The summed E-state index contributed by atoms with van der Waals surface area (Å²) in [7, 11) is 1.60. The number of para-hydroxylation sites is 2. The average molecular weight is 344 g/mol. The summed E-state index contributed by atoms with van der Waals surface area (Å²) in [4.78, 5) is 12.0. The summed E-state index contributed by atoms with van der Waals surface area (Å²) >= 11 is 0. The van der Waals surface area contributed by atoms with Gasteiger partial charge in [0.15, 0.2) is 0 Å². The molecule has 2 rings (SSSR count). The number of carbonyl (C=O) groups is 1. The highest BCUT2D eigenvalue weighted by Gasteiger charge is 2.08. The van der Waals surface area contributed by atoms with Crippen LogP contribution in [0.5, 0.6) is 17.2 Å². The summed E-state index contributed by atoms with van der Waals surface area (Å²) in [6.07, 6.45) is 0.0299. The molecule has 2 amide bonds. The lowest BCUT2D eigenvalue weighted by atomic mass is 10.3. The van der Waals surface area contributed by atoms with Crippen LogP contribution in [-0.4, -0.2) is 32.4 Å². The molecule has 0 spiro atoms. The molecule has 0 atom stereocenters. The molecule has 0 aliphatic rings. The quantitative estimate of drug-likeness (QED) is 0.717. The maximum Gasteiger partial charge on any atom is 0.319 e. The predicted octanol–water partition coefficient (Wildman–Crippen LogP) is 3.68. The highest BCUT2D eigenvalue weighted by molar-refractivity contribution is 5.90. The molecule has 6 heteroatoms. The molecule has 0 aromatic heterocycles. The third-order valence-corrected chi connectivity index (χ3v) is 3.20. The molecule has 0 saturated heterocycles. The van der Waals surface area contributed by atoms with Gasteiger partial charge in [0, 0.05) is 6.07 Å². The summed E-state index contributed by atoms with van der Waals surface area (Å²) in [6, 6.07) is 14.3. The van der Waals surface area contributed by atoms with E-state index in [0.717, 1.165) is 5.75 Å². The van der Waals surface area contributed by atoms with Crippen molar-refractivity contribution in [3.8, 4) is 17.2 Å². The first kappa shape index (κ1) is 18.4. The van der Waals surface area contributed by atoms with Gasteiger partial charge in [-0.15, -0.1) is 0 Å². The van der Waals surface area contributed by atoms with Crippen molar-refractivity contribution in [2.45, 2.75) is 20.0 Å². The molecule has 2 aromatic carbocycles. The van der Waals surface area contributed by atoms with Crippen LogP contribution in [0.1, 0.15) is 13.8 Å². The van der Waals surface area contributed by atoms with Gasteiger partial charge in [0.05, 0.1) is 25.4 Å². The van der Waals surface area contributed by atoms with Crippen molar-refractivity contribution in [1.82, 2.24) is 5.32 Å². The first-order chi connectivity index (χ1) is 12.1. The largest absolute Gasteiger partial charge is 0.497 e. The zero-order valence-corrected chi connectivity index (χ0v) is 14.7. The number of amides is 2.